The molecule has 0 bridgehead atoms. The van der Waals surface area contributed by atoms with Gasteiger partial charge in [-0.05, 0) is 0 Å². The Morgan fingerprint density at radius 2 is 2.67 bits per heavy atom. The summed E-state index contributed by atoms with van der Waals surface area (Å²) in [4.78, 5) is 15.7. The van der Waals surface area contributed by atoms with E-state index in [1.54, 1.807) is 6.20 Å². The number of nitrogens with one attached hydrogen (secondary N) is 1. The third-order valence-corrected chi connectivity index (χ3v) is 0.834. The molecule has 0 fully saturated rings. The Morgan fingerprint density at radius 1 is 1.89 bits per heavy atom. The Kier molecular flexibility index (Phi) is 1.44. The van der Waals surface area contributed by atoms with Crippen molar-refractivity contribution in [3.8, 4) is 0 Å². The summed E-state index contributed by atoms with van der Waals surface area (Å²) in [6.07, 6.45) is 3.04. The minimum Gasteiger partial charge on any atom is -0.343 e. The summed E-state index contributed by atoms with van der Waals surface area (Å²) in [5, 5.41) is 9.81. The van der Waals surface area contributed by atoms with E-state index in [-0.39, 0.29) is 6.54 Å². The number of imidazole rings is 1. The first-order valence-electron chi connectivity index (χ1n) is 2.39. The van der Waals surface area contributed by atoms with Gasteiger partial charge in [-0.15, -0.1) is 0 Å². The lowest BCUT2D eigenvalue weighted by atomic mass is 10.6. The lowest BCUT2D eigenvalue weighted by Gasteiger charge is -1.84. The quantitative estimate of drug-likeness (QED) is 0.455. The van der Waals surface area contributed by atoms with Crippen LogP contribution in [0.4, 0.5) is 0 Å². The minimum absolute atomic E-state index is 0.229. The van der Waals surface area contributed by atoms with Crippen LogP contribution < -0.4 is 0 Å². The van der Waals surface area contributed by atoms with Crippen molar-refractivity contribution in [2.75, 3.05) is 0 Å². The molecule has 5 nitrogen and oxygen atoms in total. The summed E-state index contributed by atoms with van der Waals surface area (Å²) >= 11 is 0. The van der Waals surface area contributed by atoms with Gasteiger partial charge in [-0.25, -0.2) is 4.98 Å². The van der Waals surface area contributed by atoms with Crippen molar-refractivity contribution in [2.24, 2.45) is 0 Å². The molecule has 0 atom stereocenters. The van der Waals surface area contributed by atoms with Gasteiger partial charge in [0.2, 0.25) is 0 Å². The number of rotatable bonds is 2. The highest BCUT2D eigenvalue weighted by atomic mass is 16.6. The van der Waals surface area contributed by atoms with Gasteiger partial charge in [0.05, 0.1) is 0 Å². The smallest absolute Gasteiger partial charge is 0.260 e. The SMILES string of the molecule is O=[N+]([O-])Cc1ncc[nH]1. The van der Waals surface area contributed by atoms with Gasteiger partial charge in [0.1, 0.15) is 0 Å². The first-order valence-corrected chi connectivity index (χ1v) is 2.39. The molecule has 1 N–H and O–H groups in total. The normalized spacial score (nSPS) is 9.33. The first-order chi connectivity index (χ1) is 4.29. The second-order valence-electron chi connectivity index (χ2n) is 1.53. The molecule has 0 saturated carbocycles. The van der Waals surface area contributed by atoms with E-state index in [1.165, 1.54) is 6.20 Å². The third-order valence-electron chi connectivity index (χ3n) is 0.834. The largest absolute Gasteiger partial charge is 0.343 e. The maximum atomic E-state index is 9.81. The molecule has 9 heavy (non-hydrogen) atoms. The van der Waals surface area contributed by atoms with E-state index in [0.717, 1.165) is 0 Å². The summed E-state index contributed by atoms with van der Waals surface area (Å²) < 4.78 is 0. The van der Waals surface area contributed by atoms with Crippen LogP contribution in [0, 0.1) is 10.1 Å². The number of nitro groups is 1. The molecule has 0 unspecified atom stereocenters. The molecule has 0 aliphatic heterocycles. The van der Waals surface area contributed by atoms with Crippen LogP contribution in [0.3, 0.4) is 0 Å². The highest BCUT2D eigenvalue weighted by Gasteiger charge is 2.00. The minimum atomic E-state index is -0.432. The molecule has 1 aromatic rings. The summed E-state index contributed by atoms with van der Waals surface area (Å²) in [5.74, 6) is 0.389. The molecule has 1 heterocycles. The Balaban J connectivity index is 2.58. The van der Waals surface area contributed by atoms with E-state index in [0.29, 0.717) is 5.82 Å². The van der Waals surface area contributed by atoms with Gasteiger partial charge in [0.15, 0.2) is 5.82 Å². The number of aromatic amines is 1. The summed E-state index contributed by atoms with van der Waals surface area (Å²) in [6, 6.07) is 0. The number of aromatic nitrogens is 2. The lowest BCUT2D eigenvalue weighted by molar-refractivity contribution is -0.498. The zero-order valence-corrected chi connectivity index (χ0v) is 4.57. The van der Waals surface area contributed by atoms with Crippen molar-refractivity contribution in [2.45, 2.75) is 6.54 Å². The van der Waals surface area contributed by atoms with Crippen LogP contribution in [0.15, 0.2) is 12.4 Å². The number of hydrogen-bond acceptors (Lipinski definition) is 3. The average molecular weight is 127 g/mol. The van der Waals surface area contributed by atoms with Gasteiger partial charge in [0, 0.05) is 17.3 Å². The first kappa shape index (κ1) is 5.74. The van der Waals surface area contributed by atoms with Gasteiger partial charge in [0.25, 0.3) is 6.54 Å². The predicted molar refractivity (Wildman–Crippen MR) is 29.3 cm³/mol. The maximum absolute atomic E-state index is 9.81. The van der Waals surface area contributed by atoms with E-state index in [4.69, 9.17) is 0 Å². The fourth-order valence-corrected chi connectivity index (χ4v) is 0.507. The topological polar surface area (TPSA) is 71.8 Å². The standard InChI is InChI=1S/C4H5N3O2/c8-7(9)3-4-5-1-2-6-4/h1-2H,3H2,(H,5,6). The third kappa shape index (κ3) is 1.52. The molecule has 0 aliphatic carbocycles. The van der Waals surface area contributed by atoms with Crippen molar-refractivity contribution in [3.05, 3.63) is 28.3 Å². The van der Waals surface area contributed by atoms with Crippen molar-refractivity contribution < 1.29 is 4.92 Å². The average Bonchev–Trinajstić information content (AvgIpc) is 2.15. The summed E-state index contributed by atoms with van der Waals surface area (Å²) in [6.45, 7) is -0.229. The number of hydrogen-bond donors (Lipinski definition) is 1. The Bertz CT molecular complexity index is 194. The molecule has 1 rings (SSSR count). The number of H-pyrrole nitrogens is 1. The van der Waals surface area contributed by atoms with E-state index in [2.05, 4.69) is 9.97 Å². The Morgan fingerprint density at radius 3 is 3.11 bits per heavy atom. The predicted octanol–water partition coefficient (Wildman–Crippen LogP) is 0.186. The van der Waals surface area contributed by atoms with Gasteiger partial charge < -0.3 is 4.98 Å². The van der Waals surface area contributed by atoms with E-state index >= 15 is 0 Å². The molecule has 0 saturated heterocycles. The van der Waals surface area contributed by atoms with Crippen molar-refractivity contribution in [1.82, 2.24) is 9.97 Å². The Labute approximate surface area is 50.9 Å². The lowest BCUT2D eigenvalue weighted by Crippen LogP contribution is -1.99. The van der Waals surface area contributed by atoms with Crippen LogP contribution in [0.5, 0.6) is 0 Å². The molecule has 5 heteroatoms. The second-order valence-corrected chi connectivity index (χ2v) is 1.53. The fraction of sp³-hybridized carbons (Fsp3) is 0.250. The maximum Gasteiger partial charge on any atom is 0.260 e. The van der Waals surface area contributed by atoms with E-state index < -0.39 is 4.92 Å². The molecule has 48 valence electrons. The molecule has 1 aromatic heterocycles. The highest BCUT2D eigenvalue weighted by Crippen LogP contribution is 1.88. The van der Waals surface area contributed by atoms with Crippen LogP contribution >= 0.6 is 0 Å². The van der Waals surface area contributed by atoms with Gasteiger partial charge >= 0.3 is 0 Å². The zero-order valence-electron chi connectivity index (χ0n) is 4.57. The molecule has 0 radical (unpaired) electrons. The van der Waals surface area contributed by atoms with Gasteiger partial charge in [-0.3, -0.25) is 10.1 Å². The van der Waals surface area contributed by atoms with Gasteiger partial charge in [-0.2, -0.15) is 0 Å². The highest BCUT2D eigenvalue weighted by molar-refractivity contribution is 4.83. The summed E-state index contributed by atoms with van der Waals surface area (Å²) in [5.41, 5.74) is 0. The molecular weight excluding hydrogens is 122 g/mol. The molecule has 0 amide bonds. The number of nitrogens with zero attached hydrogens (tertiary/aromatic N) is 2. The van der Waals surface area contributed by atoms with Crippen molar-refractivity contribution in [1.29, 1.82) is 0 Å². The molecule has 0 spiro atoms. The second kappa shape index (κ2) is 2.25. The summed E-state index contributed by atoms with van der Waals surface area (Å²) in [7, 11) is 0. The van der Waals surface area contributed by atoms with Crippen LogP contribution in [0.1, 0.15) is 5.82 Å². The molecular formula is C4H5N3O2. The fourth-order valence-electron chi connectivity index (χ4n) is 0.507. The van der Waals surface area contributed by atoms with Crippen molar-refractivity contribution in [3.63, 3.8) is 0 Å². The van der Waals surface area contributed by atoms with E-state index in [9.17, 15) is 10.1 Å². The van der Waals surface area contributed by atoms with Crippen molar-refractivity contribution >= 4 is 0 Å². The monoisotopic (exact) mass is 127 g/mol. The Hall–Kier alpha value is -1.39. The zero-order chi connectivity index (χ0) is 6.69. The van der Waals surface area contributed by atoms with Crippen LogP contribution in [-0.2, 0) is 6.54 Å². The van der Waals surface area contributed by atoms with Crippen LogP contribution in [0.25, 0.3) is 0 Å². The molecule has 0 aliphatic rings. The van der Waals surface area contributed by atoms with Crippen LogP contribution in [0.2, 0.25) is 0 Å². The van der Waals surface area contributed by atoms with E-state index in [1.807, 2.05) is 0 Å². The van der Waals surface area contributed by atoms with Crippen LogP contribution in [-0.4, -0.2) is 14.9 Å². The van der Waals surface area contributed by atoms with Gasteiger partial charge in [-0.1, -0.05) is 0 Å². The molecule has 0 aromatic carbocycles.